The fourth-order valence-corrected chi connectivity index (χ4v) is 3.61. The highest BCUT2D eigenvalue weighted by molar-refractivity contribution is 5.92. The van der Waals surface area contributed by atoms with Crippen LogP contribution in [-0.2, 0) is 16.0 Å². The predicted molar refractivity (Wildman–Crippen MR) is 114 cm³/mol. The third kappa shape index (κ3) is 7.03. The summed E-state index contributed by atoms with van der Waals surface area (Å²) in [6.07, 6.45) is 1.85. The van der Waals surface area contributed by atoms with E-state index in [1.165, 1.54) is 0 Å². The smallest absolute Gasteiger partial charge is 0.238 e. The molecular formula is C23H27F2N3O3. The molecule has 0 atom stereocenters. The number of anilines is 1. The van der Waals surface area contributed by atoms with Crippen molar-refractivity contribution in [1.29, 1.82) is 0 Å². The van der Waals surface area contributed by atoms with Gasteiger partial charge in [0, 0.05) is 44.4 Å². The summed E-state index contributed by atoms with van der Waals surface area (Å²) in [5.74, 6) is -0.946. The summed E-state index contributed by atoms with van der Waals surface area (Å²) in [4.78, 5) is 28.6. The molecule has 0 unspecified atom stereocenters. The molecule has 166 valence electrons. The first-order chi connectivity index (χ1) is 14.9. The Balaban J connectivity index is 1.44. The fourth-order valence-electron chi connectivity index (χ4n) is 3.61. The van der Waals surface area contributed by atoms with Crippen LogP contribution in [0, 0.1) is 11.6 Å². The first kappa shape index (κ1) is 22.7. The summed E-state index contributed by atoms with van der Waals surface area (Å²) >= 11 is 0. The van der Waals surface area contributed by atoms with E-state index >= 15 is 0 Å². The van der Waals surface area contributed by atoms with E-state index in [2.05, 4.69) is 5.32 Å². The zero-order valence-electron chi connectivity index (χ0n) is 17.6. The molecule has 1 aliphatic rings. The fraction of sp³-hybridized carbons (Fsp3) is 0.391. The Morgan fingerprint density at radius 1 is 1.00 bits per heavy atom. The van der Waals surface area contributed by atoms with Gasteiger partial charge in [-0.2, -0.15) is 0 Å². The molecule has 31 heavy (non-hydrogen) atoms. The number of rotatable bonds is 7. The van der Waals surface area contributed by atoms with Gasteiger partial charge in [0.15, 0.2) is 0 Å². The van der Waals surface area contributed by atoms with Crippen molar-refractivity contribution in [2.24, 2.45) is 0 Å². The Bertz CT molecular complexity index is 885. The zero-order chi connectivity index (χ0) is 22.2. The SMILES string of the molecule is COc1ccc(CCC(=O)N2CCCN(CC(=O)Nc3cc(F)cc(F)c3)CC2)cc1. The van der Waals surface area contributed by atoms with E-state index in [4.69, 9.17) is 4.74 Å². The van der Waals surface area contributed by atoms with Gasteiger partial charge in [0.1, 0.15) is 17.4 Å². The van der Waals surface area contributed by atoms with Gasteiger partial charge < -0.3 is 15.0 Å². The standard InChI is InChI=1S/C23H27F2N3O3/c1-31-21-6-3-17(4-7-21)5-8-23(30)28-10-2-9-27(11-12-28)16-22(29)26-20-14-18(24)13-19(25)15-20/h3-4,6-7,13-15H,2,5,8-12,16H2,1H3,(H,26,29). The van der Waals surface area contributed by atoms with Crippen molar-refractivity contribution in [2.75, 3.05) is 45.2 Å². The van der Waals surface area contributed by atoms with Gasteiger partial charge in [-0.25, -0.2) is 8.78 Å². The average molecular weight is 431 g/mol. The Kier molecular flexibility index (Phi) is 7.94. The van der Waals surface area contributed by atoms with Crippen LogP contribution in [0.5, 0.6) is 5.75 Å². The molecule has 0 radical (unpaired) electrons. The lowest BCUT2D eigenvalue weighted by Gasteiger charge is -2.22. The van der Waals surface area contributed by atoms with Crippen LogP contribution in [-0.4, -0.2) is 61.4 Å². The highest BCUT2D eigenvalue weighted by Gasteiger charge is 2.20. The van der Waals surface area contributed by atoms with Gasteiger partial charge >= 0.3 is 0 Å². The van der Waals surface area contributed by atoms with Gasteiger partial charge in [-0.05, 0) is 42.7 Å². The van der Waals surface area contributed by atoms with Gasteiger partial charge in [0.25, 0.3) is 0 Å². The summed E-state index contributed by atoms with van der Waals surface area (Å²) in [5, 5.41) is 2.52. The van der Waals surface area contributed by atoms with Crippen LogP contribution < -0.4 is 10.1 Å². The topological polar surface area (TPSA) is 61.9 Å². The lowest BCUT2D eigenvalue weighted by Crippen LogP contribution is -2.38. The quantitative estimate of drug-likeness (QED) is 0.732. The van der Waals surface area contributed by atoms with Crippen LogP contribution in [0.1, 0.15) is 18.4 Å². The van der Waals surface area contributed by atoms with E-state index in [1.54, 1.807) is 7.11 Å². The largest absolute Gasteiger partial charge is 0.497 e. The van der Waals surface area contributed by atoms with Crippen molar-refractivity contribution in [1.82, 2.24) is 9.80 Å². The molecule has 6 nitrogen and oxygen atoms in total. The lowest BCUT2D eigenvalue weighted by atomic mass is 10.1. The second-order valence-corrected chi connectivity index (χ2v) is 7.56. The minimum atomic E-state index is -0.742. The zero-order valence-corrected chi connectivity index (χ0v) is 17.6. The van der Waals surface area contributed by atoms with Crippen LogP contribution in [0.4, 0.5) is 14.5 Å². The maximum atomic E-state index is 13.3. The molecule has 1 fully saturated rings. The van der Waals surface area contributed by atoms with Crippen LogP contribution in [0.3, 0.4) is 0 Å². The van der Waals surface area contributed by atoms with Crippen molar-refractivity contribution in [2.45, 2.75) is 19.3 Å². The number of halogens is 2. The van der Waals surface area contributed by atoms with Gasteiger partial charge in [0.05, 0.1) is 13.7 Å². The molecule has 3 rings (SSSR count). The second kappa shape index (κ2) is 10.9. The Hall–Kier alpha value is -3.00. The van der Waals surface area contributed by atoms with E-state index in [-0.39, 0.29) is 24.0 Å². The Labute approximate surface area is 180 Å². The average Bonchev–Trinajstić information content (AvgIpc) is 2.97. The van der Waals surface area contributed by atoms with Gasteiger partial charge in [-0.1, -0.05) is 12.1 Å². The van der Waals surface area contributed by atoms with Gasteiger partial charge in [-0.3, -0.25) is 14.5 Å². The third-order valence-electron chi connectivity index (χ3n) is 5.24. The van der Waals surface area contributed by atoms with Crippen molar-refractivity contribution < 1.29 is 23.1 Å². The maximum absolute atomic E-state index is 13.3. The molecule has 2 amide bonds. The number of hydrogen-bond acceptors (Lipinski definition) is 4. The van der Waals surface area contributed by atoms with E-state index in [1.807, 2.05) is 34.1 Å². The van der Waals surface area contributed by atoms with Crippen LogP contribution in [0.15, 0.2) is 42.5 Å². The predicted octanol–water partition coefficient (Wildman–Crippen LogP) is 3.08. The maximum Gasteiger partial charge on any atom is 0.238 e. The van der Waals surface area contributed by atoms with Crippen LogP contribution in [0.2, 0.25) is 0 Å². The van der Waals surface area contributed by atoms with E-state index < -0.39 is 11.6 Å². The molecule has 0 aliphatic carbocycles. The van der Waals surface area contributed by atoms with Crippen molar-refractivity contribution in [3.63, 3.8) is 0 Å². The summed E-state index contributed by atoms with van der Waals surface area (Å²) in [6.45, 7) is 2.54. The molecule has 1 N–H and O–H groups in total. The molecule has 1 heterocycles. The highest BCUT2D eigenvalue weighted by Crippen LogP contribution is 2.15. The number of nitrogens with zero attached hydrogens (tertiary/aromatic N) is 2. The summed E-state index contributed by atoms with van der Waals surface area (Å²) in [5.41, 5.74) is 1.17. The van der Waals surface area contributed by atoms with Gasteiger partial charge in [-0.15, -0.1) is 0 Å². The first-order valence-corrected chi connectivity index (χ1v) is 10.3. The Morgan fingerprint density at radius 3 is 2.39 bits per heavy atom. The Morgan fingerprint density at radius 2 is 1.71 bits per heavy atom. The monoisotopic (exact) mass is 431 g/mol. The molecular weight excluding hydrogens is 404 g/mol. The van der Waals surface area contributed by atoms with Crippen molar-refractivity contribution in [3.8, 4) is 5.75 Å². The third-order valence-corrected chi connectivity index (χ3v) is 5.24. The number of carbonyl (C=O) groups is 2. The van der Waals surface area contributed by atoms with Crippen LogP contribution in [0.25, 0.3) is 0 Å². The second-order valence-electron chi connectivity index (χ2n) is 7.56. The molecule has 2 aromatic rings. The molecule has 8 heteroatoms. The minimum absolute atomic E-state index is 0.0904. The summed E-state index contributed by atoms with van der Waals surface area (Å²) in [6, 6.07) is 10.6. The van der Waals surface area contributed by atoms with E-state index in [0.29, 0.717) is 39.0 Å². The number of amides is 2. The van der Waals surface area contributed by atoms with E-state index in [0.717, 1.165) is 35.9 Å². The number of nitrogens with one attached hydrogen (secondary N) is 1. The summed E-state index contributed by atoms with van der Waals surface area (Å²) in [7, 11) is 1.62. The first-order valence-electron chi connectivity index (χ1n) is 10.3. The number of carbonyl (C=O) groups excluding carboxylic acids is 2. The molecule has 1 aliphatic heterocycles. The molecule has 1 saturated heterocycles. The van der Waals surface area contributed by atoms with Crippen LogP contribution >= 0.6 is 0 Å². The van der Waals surface area contributed by atoms with Crippen molar-refractivity contribution >= 4 is 17.5 Å². The van der Waals surface area contributed by atoms with Gasteiger partial charge in [0.2, 0.25) is 11.8 Å². The van der Waals surface area contributed by atoms with E-state index in [9.17, 15) is 18.4 Å². The van der Waals surface area contributed by atoms with Crippen molar-refractivity contribution in [3.05, 3.63) is 59.7 Å². The number of benzene rings is 2. The number of aryl methyl sites for hydroxylation is 1. The molecule has 0 bridgehead atoms. The lowest BCUT2D eigenvalue weighted by molar-refractivity contribution is -0.131. The number of hydrogen-bond donors (Lipinski definition) is 1. The highest BCUT2D eigenvalue weighted by atomic mass is 19.1. The number of methoxy groups -OCH3 is 1. The minimum Gasteiger partial charge on any atom is -0.497 e. The normalized spacial score (nSPS) is 14.7. The molecule has 0 aromatic heterocycles. The number of ether oxygens (including phenoxy) is 1. The molecule has 2 aromatic carbocycles. The molecule has 0 saturated carbocycles. The summed E-state index contributed by atoms with van der Waals surface area (Å²) < 4.78 is 31.7. The molecule has 0 spiro atoms.